The maximum Gasteiger partial charge on any atom is 0.256 e. The Morgan fingerprint density at radius 3 is 2.28 bits per heavy atom. The van der Waals surface area contributed by atoms with E-state index in [0.29, 0.717) is 43.0 Å². The molecule has 152 valence electrons. The van der Waals surface area contributed by atoms with Crippen LogP contribution in [0.25, 0.3) is 5.57 Å². The number of sulfonamides is 1. The molecule has 2 aliphatic heterocycles. The molecule has 0 atom stereocenters. The summed E-state index contributed by atoms with van der Waals surface area (Å²) in [5, 5.41) is 2.78. The van der Waals surface area contributed by atoms with Gasteiger partial charge in [0, 0.05) is 48.7 Å². The zero-order chi connectivity index (χ0) is 20.8. The topological polar surface area (TPSA) is 69.7 Å². The number of amides is 1. The Morgan fingerprint density at radius 2 is 1.66 bits per heavy atom. The standard InChI is InChI=1S/C21H22FN3O3S/c1-14(2)20-18-13-17(7-8-19(18)23-21(20)26)29(27,28)25-11-9-24(10-12-25)16-5-3-15(22)4-6-16/h3-8,13H,9-12H2,1-2H3,(H,23,26). The first kappa shape index (κ1) is 19.6. The number of halogens is 1. The summed E-state index contributed by atoms with van der Waals surface area (Å²) in [5.74, 6) is -0.502. The molecule has 1 N–H and O–H groups in total. The van der Waals surface area contributed by atoms with E-state index in [4.69, 9.17) is 0 Å². The van der Waals surface area contributed by atoms with Gasteiger partial charge in [0.15, 0.2) is 0 Å². The SMILES string of the molecule is CC(C)=C1C(=O)Nc2ccc(S(=O)(=O)N3CCN(c4ccc(F)cc4)CC3)cc21. The Balaban J connectivity index is 1.55. The lowest BCUT2D eigenvalue weighted by molar-refractivity contribution is -0.110. The van der Waals surface area contributed by atoms with Crippen molar-refractivity contribution in [1.82, 2.24) is 4.31 Å². The molecule has 2 aliphatic rings. The highest BCUT2D eigenvalue weighted by atomic mass is 32.2. The summed E-state index contributed by atoms with van der Waals surface area (Å²) in [6.45, 7) is 5.39. The number of nitrogens with zero attached hydrogens (tertiary/aromatic N) is 2. The van der Waals surface area contributed by atoms with Crippen molar-refractivity contribution in [1.29, 1.82) is 0 Å². The van der Waals surface area contributed by atoms with Crippen molar-refractivity contribution in [2.45, 2.75) is 18.7 Å². The van der Waals surface area contributed by atoms with Gasteiger partial charge in [-0.15, -0.1) is 0 Å². The molecular formula is C21H22FN3O3S. The number of hydrogen-bond donors (Lipinski definition) is 1. The third-order valence-electron chi connectivity index (χ3n) is 5.30. The van der Waals surface area contributed by atoms with Crippen LogP contribution in [0.5, 0.6) is 0 Å². The van der Waals surface area contributed by atoms with Gasteiger partial charge in [0.25, 0.3) is 5.91 Å². The van der Waals surface area contributed by atoms with Crippen molar-refractivity contribution >= 4 is 32.9 Å². The van der Waals surface area contributed by atoms with E-state index in [9.17, 15) is 17.6 Å². The first-order chi connectivity index (χ1) is 13.8. The molecular weight excluding hydrogens is 393 g/mol. The van der Waals surface area contributed by atoms with E-state index >= 15 is 0 Å². The molecule has 0 aromatic heterocycles. The molecule has 0 radical (unpaired) electrons. The second-order valence-corrected chi connectivity index (χ2v) is 9.34. The van der Waals surface area contributed by atoms with E-state index < -0.39 is 10.0 Å². The molecule has 1 fully saturated rings. The molecule has 8 heteroatoms. The Morgan fingerprint density at radius 1 is 1.00 bits per heavy atom. The van der Waals surface area contributed by atoms with Gasteiger partial charge in [-0.05, 0) is 56.3 Å². The number of carbonyl (C=O) groups is 1. The summed E-state index contributed by atoms with van der Waals surface area (Å²) in [6, 6.07) is 11.0. The van der Waals surface area contributed by atoms with Crippen LogP contribution in [0.2, 0.25) is 0 Å². The van der Waals surface area contributed by atoms with Crippen LogP contribution in [0.15, 0.2) is 52.9 Å². The van der Waals surface area contributed by atoms with Crippen molar-refractivity contribution in [3.05, 3.63) is 59.4 Å². The van der Waals surface area contributed by atoms with E-state index in [1.54, 1.807) is 24.3 Å². The average molecular weight is 415 g/mol. The summed E-state index contributed by atoms with van der Waals surface area (Å²) in [7, 11) is -3.68. The number of fused-ring (bicyclic) bond motifs is 1. The fourth-order valence-corrected chi connectivity index (χ4v) is 5.24. The quantitative estimate of drug-likeness (QED) is 0.783. The highest BCUT2D eigenvalue weighted by molar-refractivity contribution is 7.89. The van der Waals surface area contributed by atoms with Crippen molar-refractivity contribution in [2.75, 3.05) is 36.4 Å². The maximum absolute atomic E-state index is 13.2. The predicted octanol–water partition coefficient (Wildman–Crippen LogP) is 3.08. The number of nitrogens with one attached hydrogen (secondary N) is 1. The lowest BCUT2D eigenvalue weighted by Gasteiger charge is -2.35. The molecule has 0 bridgehead atoms. The molecule has 4 rings (SSSR count). The number of allylic oxidation sites excluding steroid dienone is 1. The van der Waals surface area contributed by atoms with E-state index in [0.717, 1.165) is 11.3 Å². The molecule has 2 heterocycles. The second-order valence-electron chi connectivity index (χ2n) is 7.40. The fraction of sp³-hybridized carbons (Fsp3) is 0.286. The molecule has 0 unspecified atom stereocenters. The number of hydrogen-bond acceptors (Lipinski definition) is 4. The molecule has 29 heavy (non-hydrogen) atoms. The number of piperazine rings is 1. The predicted molar refractivity (Wildman–Crippen MR) is 111 cm³/mol. The Hall–Kier alpha value is -2.71. The zero-order valence-electron chi connectivity index (χ0n) is 16.3. The molecule has 0 spiro atoms. The van der Waals surface area contributed by atoms with Crippen LogP contribution in [-0.2, 0) is 14.8 Å². The molecule has 0 saturated carbocycles. The van der Waals surface area contributed by atoms with Crippen LogP contribution < -0.4 is 10.2 Å². The first-order valence-corrected chi connectivity index (χ1v) is 10.9. The van der Waals surface area contributed by atoms with Crippen molar-refractivity contribution in [3.8, 4) is 0 Å². The van der Waals surface area contributed by atoms with Gasteiger partial charge in [-0.2, -0.15) is 4.31 Å². The van der Waals surface area contributed by atoms with Crippen LogP contribution >= 0.6 is 0 Å². The summed E-state index contributed by atoms with van der Waals surface area (Å²) in [4.78, 5) is 14.4. The molecule has 1 saturated heterocycles. The fourth-order valence-electron chi connectivity index (χ4n) is 3.79. The number of carbonyl (C=O) groups excluding carboxylic acids is 1. The molecule has 1 amide bonds. The monoisotopic (exact) mass is 415 g/mol. The largest absolute Gasteiger partial charge is 0.369 e. The zero-order valence-corrected chi connectivity index (χ0v) is 17.1. The van der Waals surface area contributed by atoms with Gasteiger partial charge in [-0.3, -0.25) is 4.79 Å². The van der Waals surface area contributed by atoms with Crippen LogP contribution in [0.1, 0.15) is 19.4 Å². The van der Waals surface area contributed by atoms with Crippen LogP contribution in [-0.4, -0.2) is 44.8 Å². The summed E-state index contributed by atoms with van der Waals surface area (Å²) in [6.07, 6.45) is 0. The Kier molecular flexibility index (Phi) is 4.92. The van der Waals surface area contributed by atoms with Crippen LogP contribution in [0.4, 0.5) is 15.8 Å². The number of anilines is 2. The second kappa shape index (κ2) is 7.27. The van der Waals surface area contributed by atoms with Gasteiger partial charge >= 0.3 is 0 Å². The minimum atomic E-state index is -3.68. The highest BCUT2D eigenvalue weighted by Gasteiger charge is 2.32. The normalized spacial score (nSPS) is 17.3. The van der Waals surface area contributed by atoms with Gasteiger partial charge in [0.1, 0.15) is 5.82 Å². The van der Waals surface area contributed by atoms with E-state index in [1.165, 1.54) is 22.5 Å². The van der Waals surface area contributed by atoms with E-state index in [1.807, 2.05) is 18.7 Å². The Labute approximate surface area is 169 Å². The molecule has 2 aromatic rings. The number of rotatable bonds is 3. The maximum atomic E-state index is 13.2. The van der Waals surface area contributed by atoms with Gasteiger partial charge in [-0.25, -0.2) is 12.8 Å². The minimum Gasteiger partial charge on any atom is -0.369 e. The average Bonchev–Trinajstić information content (AvgIpc) is 3.03. The van der Waals surface area contributed by atoms with Crippen molar-refractivity contribution < 1.29 is 17.6 Å². The van der Waals surface area contributed by atoms with E-state index in [-0.39, 0.29) is 16.6 Å². The van der Waals surface area contributed by atoms with Gasteiger partial charge < -0.3 is 10.2 Å². The lowest BCUT2D eigenvalue weighted by atomic mass is 10.0. The van der Waals surface area contributed by atoms with Crippen LogP contribution in [0, 0.1) is 5.82 Å². The minimum absolute atomic E-state index is 0.182. The van der Waals surface area contributed by atoms with Crippen LogP contribution in [0.3, 0.4) is 0 Å². The van der Waals surface area contributed by atoms with Crippen molar-refractivity contribution in [3.63, 3.8) is 0 Å². The first-order valence-electron chi connectivity index (χ1n) is 9.41. The van der Waals surface area contributed by atoms with Gasteiger partial charge in [0.2, 0.25) is 10.0 Å². The summed E-state index contributed by atoms with van der Waals surface area (Å²) >= 11 is 0. The summed E-state index contributed by atoms with van der Waals surface area (Å²) < 4.78 is 40.9. The Bertz CT molecular complexity index is 1100. The molecule has 2 aromatic carbocycles. The smallest absolute Gasteiger partial charge is 0.256 e. The van der Waals surface area contributed by atoms with Gasteiger partial charge in [-0.1, -0.05) is 5.57 Å². The number of benzene rings is 2. The summed E-state index contributed by atoms with van der Waals surface area (Å²) in [5.41, 5.74) is 3.49. The van der Waals surface area contributed by atoms with Gasteiger partial charge in [0.05, 0.1) is 4.90 Å². The third kappa shape index (κ3) is 3.54. The molecule has 0 aliphatic carbocycles. The lowest BCUT2D eigenvalue weighted by Crippen LogP contribution is -2.48. The molecule has 6 nitrogen and oxygen atoms in total. The van der Waals surface area contributed by atoms with Crippen molar-refractivity contribution in [2.24, 2.45) is 0 Å². The third-order valence-corrected chi connectivity index (χ3v) is 7.20. The highest BCUT2D eigenvalue weighted by Crippen LogP contribution is 2.36. The van der Waals surface area contributed by atoms with E-state index in [2.05, 4.69) is 5.32 Å².